The number of benzene rings is 1. The normalized spacial score (nSPS) is 27.7. The summed E-state index contributed by atoms with van der Waals surface area (Å²) in [5.41, 5.74) is 2.74. The molecule has 24 heavy (non-hydrogen) atoms. The molecule has 1 aromatic carbocycles. The molecule has 0 radical (unpaired) electrons. The molecule has 0 fully saturated rings. The van der Waals surface area contributed by atoms with E-state index in [1.807, 2.05) is 37.3 Å². The molecule has 3 atom stereocenters. The molecule has 1 aliphatic rings. The minimum atomic E-state index is -0.165. The van der Waals surface area contributed by atoms with E-state index in [-0.39, 0.29) is 17.1 Å². The van der Waals surface area contributed by atoms with Crippen molar-refractivity contribution in [2.45, 2.75) is 34.1 Å². The Kier molecular flexibility index (Phi) is 5.71. The van der Waals surface area contributed by atoms with Gasteiger partial charge in [-0.25, -0.2) is 0 Å². The van der Waals surface area contributed by atoms with Crippen LogP contribution in [0.1, 0.15) is 43.6 Å². The van der Waals surface area contributed by atoms with E-state index in [0.29, 0.717) is 5.92 Å². The molecule has 0 amide bonds. The molecule has 0 N–H and O–H groups in total. The van der Waals surface area contributed by atoms with Crippen molar-refractivity contribution < 1.29 is 9.59 Å². The highest BCUT2D eigenvalue weighted by Gasteiger charge is 2.39. The Morgan fingerprint density at radius 3 is 2.67 bits per heavy atom. The number of carbonyl (C=O) groups excluding carboxylic acids is 2. The first-order valence-corrected chi connectivity index (χ1v) is 8.49. The second-order valence-corrected chi connectivity index (χ2v) is 6.94. The van der Waals surface area contributed by atoms with Crippen molar-refractivity contribution in [1.29, 1.82) is 0 Å². The summed E-state index contributed by atoms with van der Waals surface area (Å²) in [6.45, 7) is 8.36. The molecule has 0 aliphatic heterocycles. The van der Waals surface area contributed by atoms with E-state index in [1.165, 1.54) is 0 Å². The lowest BCUT2D eigenvalue weighted by Gasteiger charge is -2.38. The van der Waals surface area contributed by atoms with Crippen LogP contribution in [0, 0.1) is 17.3 Å². The molecular formula is C22H26O2. The summed E-state index contributed by atoms with van der Waals surface area (Å²) < 4.78 is 0. The summed E-state index contributed by atoms with van der Waals surface area (Å²) in [5, 5.41) is 0. The summed E-state index contributed by atoms with van der Waals surface area (Å²) in [6, 6.07) is 7.64. The van der Waals surface area contributed by atoms with Gasteiger partial charge in [0.1, 0.15) is 6.29 Å². The number of allylic oxidation sites excluding steroid dienone is 6. The molecule has 126 valence electrons. The minimum absolute atomic E-state index is 0.0164. The zero-order valence-electron chi connectivity index (χ0n) is 15.0. The van der Waals surface area contributed by atoms with E-state index in [1.54, 1.807) is 6.08 Å². The Hall–Kier alpha value is -2.22. The summed E-state index contributed by atoms with van der Waals surface area (Å²) in [5.74, 6) is 0.504. The maximum absolute atomic E-state index is 12.0. The van der Waals surface area contributed by atoms with Crippen molar-refractivity contribution in [2.75, 3.05) is 0 Å². The number of hydrogen-bond acceptors (Lipinski definition) is 2. The topological polar surface area (TPSA) is 34.1 Å². The Morgan fingerprint density at radius 1 is 1.25 bits per heavy atom. The number of ketones is 1. The van der Waals surface area contributed by atoms with Crippen LogP contribution in [0.3, 0.4) is 0 Å². The van der Waals surface area contributed by atoms with E-state index in [9.17, 15) is 9.59 Å². The first-order chi connectivity index (χ1) is 11.4. The minimum Gasteiger partial charge on any atom is -0.298 e. The van der Waals surface area contributed by atoms with E-state index in [2.05, 4.69) is 39.0 Å². The van der Waals surface area contributed by atoms with Gasteiger partial charge in [-0.1, -0.05) is 74.9 Å². The van der Waals surface area contributed by atoms with Crippen LogP contribution >= 0.6 is 0 Å². The molecule has 1 aliphatic carbocycles. The fraction of sp³-hybridized carbons (Fsp3) is 0.364. The quantitative estimate of drug-likeness (QED) is 0.567. The lowest BCUT2D eigenvalue weighted by atomic mass is 9.64. The third-order valence-corrected chi connectivity index (χ3v) is 5.42. The molecule has 2 rings (SSSR count). The molecule has 3 unspecified atom stereocenters. The molecular weight excluding hydrogens is 296 g/mol. The van der Waals surface area contributed by atoms with Crippen LogP contribution in [0.2, 0.25) is 0 Å². The van der Waals surface area contributed by atoms with Crippen molar-refractivity contribution in [3.8, 4) is 0 Å². The molecule has 0 bridgehead atoms. The summed E-state index contributed by atoms with van der Waals surface area (Å²) >= 11 is 0. The average molecular weight is 322 g/mol. The molecule has 2 nitrogen and oxygen atoms in total. The third-order valence-electron chi connectivity index (χ3n) is 5.42. The van der Waals surface area contributed by atoms with Gasteiger partial charge in [0.2, 0.25) is 0 Å². The van der Waals surface area contributed by atoms with E-state index in [4.69, 9.17) is 0 Å². The van der Waals surface area contributed by atoms with E-state index < -0.39 is 0 Å². The predicted octanol–water partition coefficient (Wildman–Crippen LogP) is 4.96. The lowest BCUT2D eigenvalue weighted by Crippen LogP contribution is -2.37. The molecule has 0 saturated heterocycles. The van der Waals surface area contributed by atoms with Crippen molar-refractivity contribution in [1.82, 2.24) is 0 Å². The van der Waals surface area contributed by atoms with Crippen molar-refractivity contribution in [3.05, 3.63) is 71.3 Å². The monoisotopic (exact) mass is 322 g/mol. The molecule has 0 aromatic heterocycles. The van der Waals surface area contributed by atoms with Gasteiger partial charge in [0, 0.05) is 16.9 Å². The lowest BCUT2D eigenvalue weighted by molar-refractivity contribution is -0.121. The van der Waals surface area contributed by atoms with Gasteiger partial charge < -0.3 is 0 Å². The SMILES string of the molecule is CC(/C=C/C1(C)C(C)C=CC(=O)C1C)=C\Cc1ccccc1C=O. The Balaban J connectivity index is 2.14. The maximum Gasteiger partial charge on any atom is 0.159 e. The van der Waals surface area contributed by atoms with Crippen LogP contribution < -0.4 is 0 Å². The van der Waals surface area contributed by atoms with Crippen molar-refractivity contribution in [2.24, 2.45) is 17.3 Å². The molecule has 0 spiro atoms. The van der Waals surface area contributed by atoms with Crippen LogP contribution in [-0.2, 0) is 11.2 Å². The first kappa shape index (κ1) is 18.1. The Morgan fingerprint density at radius 2 is 1.96 bits per heavy atom. The molecule has 0 heterocycles. The van der Waals surface area contributed by atoms with Crippen LogP contribution in [-0.4, -0.2) is 12.1 Å². The van der Waals surface area contributed by atoms with Gasteiger partial charge in [-0.3, -0.25) is 9.59 Å². The van der Waals surface area contributed by atoms with Gasteiger partial charge in [0.05, 0.1) is 0 Å². The maximum atomic E-state index is 12.0. The highest BCUT2D eigenvalue weighted by atomic mass is 16.1. The van der Waals surface area contributed by atoms with Gasteiger partial charge in [0.15, 0.2) is 5.78 Å². The number of carbonyl (C=O) groups is 2. The highest BCUT2D eigenvalue weighted by molar-refractivity contribution is 5.93. The smallest absolute Gasteiger partial charge is 0.159 e. The van der Waals surface area contributed by atoms with Crippen LogP contribution in [0.25, 0.3) is 0 Å². The number of rotatable bonds is 5. The molecule has 0 saturated carbocycles. The summed E-state index contributed by atoms with van der Waals surface area (Å²) in [4.78, 5) is 23.1. The van der Waals surface area contributed by atoms with E-state index >= 15 is 0 Å². The highest BCUT2D eigenvalue weighted by Crippen LogP contribution is 2.41. The van der Waals surface area contributed by atoms with Crippen molar-refractivity contribution in [3.63, 3.8) is 0 Å². The predicted molar refractivity (Wildman–Crippen MR) is 99.0 cm³/mol. The van der Waals surface area contributed by atoms with Gasteiger partial charge >= 0.3 is 0 Å². The summed E-state index contributed by atoms with van der Waals surface area (Å²) in [6.07, 6.45) is 11.7. The molecule has 2 heteroatoms. The van der Waals surface area contributed by atoms with E-state index in [0.717, 1.165) is 29.4 Å². The third kappa shape index (κ3) is 3.81. The fourth-order valence-corrected chi connectivity index (χ4v) is 3.07. The number of aldehydes is 1. The Bertz CT molecular complexity index is 708. The zero-order valence-corrected chi connectivity index (χ0v) is 15.0. The second kappa shape index (κ2) is 7.57. The first-order valence-electron chi connectivity index (χ1n) is 8.49. The average Bonchev–Trinajstić information content (AvgIpc) is 2.60. The Labute approximate surface area is 145 Å². The standard InChI is InChI=1S/C22H26O2/c1-16(9-11-19-7-5-6-8-20(19)15-23)13-14-22(4)17(2)10-12-21(24)18(22)3/h5-10,12-15,17-18H,11H2,1-4H3/b14-13+,16-9+. The van der Waals surface area contributed by atoms with Gasteiger partial charge in [-0.2, -0.15) is 0 Å². The second-order valence-electron chi connectivity index (χ2n) is 6.94. The van der Waals surface area contributed by atoms with Crippen LogP contribution in [0.5, 0.6) is 0 Å². The van der Waals surface area contributed by atoms with Gasteiger partial charge in [-0.05, 0) is 30.9 Å². The van der Waals surface area contributed by atoms with Crippen LogP contribution in [0.4, 0.5) is 0 Å². The summed E-state index contributed by atoms with van der Waals surface area (Å²) in [7, 11) is 0. The van der Waals surface area contributed by atoms with Crippen LogP contribution in [0.15, 0.2) is 60.2 Å². The number of hydrogen-bond donors (Lipinski definition) is 0. The van der Waals surface area contributed by atoms with Gasteiger partial charge in [0.25, 0.3) is 0 Å². The fourth-order valence-electron chi connectivity index (χ4n) is 3.07. The zero-order chi connectivity index (χ0) is 17.7. The molecule has 1 aromatic rings. The van der Waals surface area contributed by atoms with Crippen molar-refractivity contribution >= 4 is 12.1 Å². The van der Waals surface area contributed by atoms with Gasteiger partial charge in [-0.15, -0.1) is 0 Å². The largest absolute Gasteiger partial charge is 0.298 e.